The first kappa shape index (κ1) is 15.4. The summed E-state index contributed by atoms with van der Waals surface area (Å²) < 4.78 is 5.63. The number of carbonyl (C=O) groups excluding carboxylic acids is 1. The summed E-state index contributed by atoms with van der Waals surface area (Å²) >= 11 is 11.1. The van der Waals surface area contributed by atoms with Crippen molar-refractivity contribution >= 4 is 50.5 Å². The van der Waals surface area contributed by atoms with E-state index < -0.39 is 0 Å². The summed E-state index contributed by atoms with van der Waals surface area (Å²) in [5, 5.41) is 3.96. The average Bonchev–Trinajstić information content (AvgIpc) is 2.87. The van der Waals surface area contributed by atoms with Gasteiger partial charge in [-0.3, -0.25) is 4.79 Å². The van der Waals surface area contributed by atoms with Crippen LogP contribution >= 0.6 is 38.9 Å². The Morgan fingerprint density at radius 1 is 1.35 bits per heavy atom. The Morgan fingerprint density at radius 3 is 2.85 bits per heavy atom. The third-order valence-electron chi connectivity index (χ3n) is 2.65. The van der Waals surface area contributed by atoms with Crippen molar-refractivity contribution in [1.29, 1.82) is 0 Å². The van der Waals surface area contributed by atoms with E-state index in [4.69, 9.17) is 11.6 Å². The molecule has 0 fully saturated rings. The lowest BCUT2D eigenvalue weighted by Crippen LogP contribution is -2.02. The molecule has 106 valence electrons. The monoisotopic (exact) mass is 373 g/mol. The molecule has 0 radical (unpaired) electrons. The standard InChI is InChI=1S/C14H13BrClNO2S/c1-19-14(18)7-10-3-4-11(20-10)8-17-13-6-9(15)2-5-12(13)16/h2-6,17H,7-8H2,1H3. The number of rotatable bonds is 5. The van der Waals surface area contributed by atoms with Crippen molar-refractivity contribution in [3.8, 4) is 0 Å². The van der Waals surface area contributed by atoms with Gasteiger partial charge in [0.1, 0.15) is 0 Å². The summed E-state index contributed by atoms with van der Waals surface area (Å²) in [5.74, 6) is -0.221. The fourth-order valence-electron chi connectivity index (χ4n) is 1.64. The number of methoxy groups -OCH3 is 1. The van der Waals surface area contributed by atoms with Crippen molar-refractivity contribution in [2.45, 2.75) is 13.0 Å². The SMILES string of the molecule is COC(=O)Cc1ccc(CNc2cc(Br)ccc2Cl)s1. The second-order valence-corrected chi connectivity index (χ2v) is 6.67. The van der Waals surface area contributed by atoms with Gasteiger partial charge in [0.25, 0.3) is 0 Å². The molecule has 0 bridgehead atoms. The maximum absolute atomic E-state index is 11.2. The lowest BCUT2D eigenvalue weighted by Gasteiger charge is -2.07. The molecule has 0 unspecified atom stereocenters. The number of benzene rings is 1. The van der Waals surface area contributed by atoms with Gasteiger partial charge in [-0.1, -0.05) is 27.5 Å². The van der Waals surface area contributed by atoms with Gasteiger partial charge >= 0.3 is 5.97 Å². The number of esters is 1. The molecule has 0 aliphatic carbocycles. The lowest BCUT2D eigenvalue weighted by molar-refractivity contribution is -0.139. The normalized spacial score (nSPS) is 10.3. The van der Waals surface area contributed by atoms with E-state index >= 15 is 0 Å². The second kappa shape index (κ2) is 7.11. The molecule has 2 rings (SSSR count). The molecule has 0 saturated heterocycles. The summed E-state index contributed by atoms with van der Waals surface area (Å²) in [7, 11) is 1.40. The van der Waals surface area contributed by atoms with E-state index in [1.807, 2.05) is 30.3 Å². The van der Waals surface area contributed by atoms with E-state index in [1.54, 1.807) is 11.3 Å². The lowest BCUT2D eigenvalue weighted by atomic mass is 10.3. The van der Waals surface area contributed by atoms with Gasteiger partial charge in [-0.25, -0.2) is 0 Å². The van der Waals surface area contributed by atoms with Gasteiger partial charge in [0.15, 0.2) is 0 Å². The van der Waals surface area contributed by atoms with Crippen LogP contribution in [0.5, 0.6) is 0 Å². The molecule has 0 saturated carbocycles. The first-order chi connectivity index (χ1) is 9.58. The van der Waals surface area contributed by atoms with Gasteiger partial charge in [-0.05, 0) is 30.3 Å². The first-order valence-corrected chi connectivity index (χ1v) is 7.90. The van der Waals surface area contributed by atoms with Crippen LogP contribution in [0.25, 0.3) is 0 Å². The molecule has 1 heterocycles. The Kier molecular flexibility index (Phi) is 5.46. The molecule has 0 aliphatic rings. The fraction of sp³-hybridized carbons (Fsp3) is 0.214. The minimum Gasteiger partial charge on any atom is -0.469 e. The van der Waals surface area contributed by atoms with E-state index in [0.717, 1.165) is 19.9 Å². The molecular formula is C14H13BrClNO2S. The highest BCUT2D eigenvalue weighted by Gasteiger charge is 2.07. The molecule has 20 heavy (non-hydrogen) atoms. The highest BCUT2D eigenvalue weighted by molar-refractivity contribution is 9.10. The van der Waals surface area contributed by atoms with Gasteiger partial charge in [-0.15, -0.1) is 11.3 Å². The Labute approximate surface area is 135 Å². The third kappa shape index (κ3) is 4.23. The Morgan fingerprint density at radius 2 is 2.10 bits per heavy atom. The minimum atomic E-state index is -0.221. The number of anilines is 1. The Balaban J connectivity index is 1.97. The summed E-state index contributed by atoms with van der Waals surface area (Å²) in [4.78, 5) is 13.3. The Bertz CT molecular complexity index is 615. The summed E-state index contributed by atoms with van der Waals surface area (Å²) in [6, 6.07) is 9.62. The molecule has 0 aliphatic heterocycles. The van der Waals surface area contributed by atoms with E-state index in [-0.39, 0.29) is 5.97 Å². The largest absolute Gasteiger partial charge is 0.469 e. The molecule has 1 aromatic carbocycles. The highest BCUT2D eigenvalue weighted by Crippen LogP contribution is 2.27. The second-order valence-electron chi connectivity index (χ2n) is 4.10. The van der Waals surface area contributed by atoms with Crippen molar-refractivity contribution in [2.24, 2.45) is 0 Å². The van der Waals surface area contributed by atoms with Crippen LogP contribution in [-0.4, -0.2) is 13.1 Å². The van der Waals surface area contributed by atoms with E-state index in [9.17, 15) is 4.79 Å². The van der Waals surface area contributed by atoms with Crippen LogP contribution in [0.1, 0.15) is 9.75 Å². The molecule has 6 heteroatoms. The van der Waals surface area contributed by atoms with Crippen LogP contribution < -0.4 is 5.32 Å². The van der Waals surface area contributed by atoms with Crippen LogP contribution in [0.15, 0.2) is 34.8 Å². The molecule has 3 nitrogen and oxygen atoms in total. The van der Waals surface area contributed by atoms with Gasteiger partial charge in [0, 0.05) is 20.8 Å². The van der Waals surface area contributed by atoms with E-state index in [2.05, 4.69) is 26.0 Å². The van der Waals surface area contributed by atoms with Gasteiger partial charge in [0.05, 0.1) is 24.2 Å². The zero-order valence-corrected chi connectivity index (χ0v) is 13.9. The molecule has 0 spiro atoms. The Hall–Kier alpha value is -1.04. The molecule has 1 N–H and O–H groups in total. The van der Waals surface area contributed by atoms with Crippen LogP contribution in [0, 0.1) is 0 Å². The number of nitrogens with one attached hydrogen (secondary N) is 1. The fourth-order valence-corrected chi connectivity index (χ4v) is 3.13. The zero-order valence-electron chi connectivity index (χ0n) is 10.8. The molecule has 0 amide bonds. The smallest absolute Gasteiger partial charge is 0.310 e. The van der Waals surface area contributed by atoms with Crippen molar-refractivity contribution in [3.63, 3.8) is 0 Å². The number of carbonyl (C=O) groups is 1. The highest BCUT2D eigenvalue weighted by atomic mass is 79.9. The molecule has 2 aromatic rings. The molecule has 0 atom stereocenters. The molecule has 1 aromatic heterocycles. The predicted molar refractivity (Wildman–Crippen MR) is 86.5 cm³/mol. The zero-order chi connectivity index (χ0) is 14.5. The van der Waals surface area contributed by atoms with Crippen LogP contribution in [0.3, 0.4) is 0 Å². The maximum Gasteiger partial charge on any atom is 0.310 e. The number of halogens is 2. The predicted octanol–water partition coefficient (Wildman–Crippen LogP) is 4.49. The van der Waals surface area contributed by atoms with Gasteiger partial charge in [-0.2, -0.15) is 0 Å². The number of hydrogen-bond donors (Lipinski definition) is 1. The number of ether oxygens (including phenoxy) is 1. The topological polar surface area (TPSA) is 38.3 Å². The van der Waals surface area contributed by atoms with Crippen LogP contribution in [0.2, 0.25) is 5.02 Å². The quantitative estimate of drug-likeness (QED) is 0.784. The third-order valence-corrected chi connectivity index (χ3v) is 4.55. The molecular weight excluding hydrogens is 362 g/mol. The van der Waals surface area contributed by atoms with Crippen molar-refractivity contribution in [3.05, 3.63) is 49.6 Å². The van der Waals surface area contributed by atoms with Crippen LogP contribution in [0.4, 0.5) is 5.69 Å². The number of thiophene rings is 1. The minimum absolute atomic E-state index is 0.221. The summed E-state index contributed by atoms with van der Waals surface area (Å²) in [5.41, 5.74) is 0.879. The summed E-state index contributed by atoms with van der Waals surface area (Å²) in [6.45, 7) is 0.669. The maximum atomic E-state index is 11.2. The van der Waals surface area contributed by atoms with E-state index in [1.165, 1.54) is 7.11 Å². The van der Waals surface area contributed by atoms with Crippen molar-refractivity contribution in [2.75, 3.05) is 12.4 Å². The van der Waals surface area contributed by atoms with Crippen molar-refractivity contribution < 1.29 is 9.53 Å². The van der Waals surface area contributed by atoms with Crippen LogP contribution in [-0.2, 0) is 22.5 Å². The van der Waals surface area contributed by atoms with E-state index in [0.29, 0.717) is 18.0 Å². The van der Waals surface area contributed by atoms with Gasteiger partial charge in [0.2, 0.25) is 0 Å². The first-order valence-electron chi connectivity index (χ1n) is 5.92. The average molecular weight is 375 g/mol. The number of hydrogen-bond acceptors (Lipinski definition) is 4. The van der Waals surface area contributed by atoms with Gasteiger partial charge < -0.3 is 10.1 Å². The summed E-state index contributed by atoms with van der Waals surface area (Å²) in [6.07, 6.45) is 0.318. The van der Waals surface area contributed by atoms with Crippen molar-refractivity contribution in [1.82, 2.24) is 0 Å².